The lowest BCUT2D eigenvalue weighted by atomic mass is 9.90. The third-order valence-corrected chi connectivity index (χ3v) is 6.91. The highest BCUT2D eigenvalue weighted by Gasteiger charge is 2.23. The second kappa shape index (κ2) is 10.9. The van der Waals surface area contributed by atoms with Crippen molar-refractivity contribution in [3.05, 3.63) is 68.8 Å². The zero-order valence-electron chi connectivity index (χ0n) is 18.3. The molecule has 0 spiro atoms. The maximum absolute atomic E-state index is 12.7. The summed E-state index contributed by atoms with van der Waals surface area (Å²) in [5.41, 5.74) is 6.43. The number of thioether (sulfide) groups is 1. The van der Waals surface area contributed by atoms with E-state index in [9.17, 15) is 14.4 Å². The standard InChI is InChI=1S/C23H24BrN5O4S/c24-17-7-6-16(33-17)21(31)26-19-20(25)27-23(28-22(19)32)34-13-18(30)29-10-8-15(9-11-29)12-14-4-2-1-3-5-14/h1-7,15H,8-13H2,(H,26,31)(H3,25,27,28,32). The van der Waals surface area contributed by atoms with Crippen LogP contribution in [-0.2, 0) is 11.2 Å². The molecular formula is C23H24BrN5O4S. The summed E-state index contributed by atoms with van der Waals surface area (Å²) < 4.78 is 5.55. The normalized spacial score (nSPS) is 14.2. The molecule has 11 heteroatoms. The smallest absolute Gasteiger partial charge is 0.291 e. The lowest BCUT2D eigenvalue weighted by molar-refractivity contribution is -0.129. The number of furan rings is 1. The monoisotopic (exact) mass is 545 g/mol. The number of nitrogens with one attached hydrogen (secondary N) is 2. The summed E-state index contributed by atoms with van der Waals surface area (Å²) in [4.78, 5) is 45.8. The summed E-state index contributed by atoms with van der Waals surface area (Å²) in [5.74, 6) is -0.0533. The molecule has 3 aromatic rings. The number of carbonyl (C=O) groups excluding carboxylic acids is 2. The van der Waals surface area contributed by atoms with Crippen molar-refractivity contribution < 1.29 is 14.0 Å². The number of halogens is 1. The highest BCUT2D eigenvalue weighted by molar-refractivity contribution is 9.10. The van der Waals surface area contributed by atoms with E-state index >= 15 is 0 Å². The topological polar surface area (TPSA) is 134 Å². The molecule has 4 N–H and O–H groups in total. The van der Waals surface area contributed by atoms with Crippen LogP contribution in [0.2, 0.25) is 0 Å². The fraction of sp³-hybridized carbons (Fsp3) is 0.304. The Labute approximate surface area is 208 Å². The van der Waals surface area contributed by atoms with Crippen LogP contribution < -0.4 is 16.6 Å². The Kier molecular flexibility index (Phi) is 7.73. The summed E-state index contributed by atoms with van der Waals surface area (Å²) in [6.07, 6.45) is 2.96. The second-order valence-corrected chi connectivity index (χ2v) is 9.74. The van der Waals surface area contributed by atoms with Gasteiger partial charge in [-0.2, -0.15) is 0 Å². The van der Waals surface area contributed by atoms with E-state index in [4.69, 9.17) is 10.2 Å². The highest BCUT2D eigenvalue weighted by atomic mass is 79.9. The van der Waals surface area contributed by atoms with Crippen LogP contribution in [0.1, 0.15) is 29.0 Å². The van der Waals surface area contributed by atoms with Crippen molar-refractivity contribution in [3.8, 4) is 0 Å². The summed E-state index contributed by atoms with van der Waals surface area (Å²) in [6, 6.07) is 13.4. The first kappa shape index (κ1) is 24.1. The zero-order valence-corrected chi connectivity index (χ0v) is 20.7. The molecule has 0 bridgehead atoms. The average Bonchev–Trinajstić information content (AvgIpc) is 3.27. The van der Waals surface area contributed by atoms with Crippen LogP contribution in [0.5, 0.6) is 0 Å². The van der Waals surface area contributed by atoms with Crippen LogP contribution in [0.15, 0.2) is 61.5 Å². The fourth-order valence-electron chi connectivity index (χ4n) is 3.83. The van der Waals surface area contributed by atoms with Gasteiger partial charge < -0.3 is 20.4 Å². The van der Waals surface area contributed by atoms with E-state index in [2.05, 4.69) is 55.5 Å². The van der Waals surface area contributed by atoms with Crippen molar-refractivity contribution in [1.82, 2.24) is 14.9 Å². The number of H-pyrrole nitrogens is 1. The molecule has 0 aliphatic carbocycles. The number of anilines is 2. The molecule has 1 aliphatic heterocycles. The molecule has 178 valence electrons. The minimum atomic E-state index is -0.629. The van der Waals surface area contributed by atoms with Gasteiger partial charge in [-0.1, -0.05) is 42.1 Å². The number of rotatable bonds is 7. The van der Waals surface area contributed by atoms with Crippen LogP contribution in [0, 0.1) is 5.92 Å². The Morgan fingerprint density at radius 1 is 1.21 bits per heavy atom. The molecule has 2 aromatic heterocycles. The molecular weight excluding hydrogens is 522 g/mol. The molecule has 4 rings (SSSR count). The van der Waals surface area contributed by atoms with Crippen molar-refractivity contribution in [2.45, 2.75) is 24.4 Å². The Balaban J connectivity index is 1.28. The van der Waals surface area contributed by atoms with Gasteiger partial charge in [0.25, 0.3) is 11.5 Å². The van der Waals surface area contributed by atoms with E-state index in [-0.39, 0.29) is 34.1 Å². The van der Waals surface area contributed by atoms with E-state index in [0.717, 1.165) is 44.1 Å². The number of piperidine rings is 1. The number of nitrogens with zero attached hydrogens (tertiary/aromatic N) is 2. The van der Waals surface area contributed by atoms with Gasteiger partial charge in [-0.15, -0.1) is 0 Å². The number of likely N-dealkylation sites (tertiary alicyclic amines) is 1. The number of nitrogens with two attached hydrogens (primary N) is 1. The van der Waals surface area contributed by atoms with Crippen molar-refractivity contribution in [3.63, 3.8) is 0 Å². The minimum absolute atomic E-state index is 0.00911. The van der Waals surface area contributed by atoms with E-state index in [1.807, 2.05) is 11.0 Å². The lowest BCUT2D eigenvalue weighted by Crippen LogP contribution is -2.39. The molecule has 1 saturated heterocycles. The number of nitrogen functional groups attached to an aromatic ring is 1. The van der Waals surface area contributed by atoms with Gasteiger partial charge in [-0.3, -0.25) is 19.4 Å². The summed E-state index contributed by atoms with van der Waals surface area (Å²) in [6.45, 7) is 1.44. The number of amides is 2. The molecule has 34 heavy (non-hydrogen) atoms. The first-order valence-corrected chi connectivity index (χ1v) is 12.6. The summed E-state index contributed by atoms with van der Waals surface area (Å²) in [5, 5.41) is 2.62. The van der Waals surface area contributed by atoms with E-state index < -0.39 is 11.5 Å². The molecule has 0 radical (unpaired) electrons. The summed E-state index contributed by atoms with van der Waals surface area (Å²) >= 11 is 4.22. The number of benzene rings is 1. The Morgan fingerprint density at radius 3 is 2.59 bits per heavy atom. The molecule has 0 saturated carbocycles. The van der Waals surface area contributed by atoms with Crippen LogP contribution in [0.3, 0.4) is 0 Å². The zero-order chi connectivity index (χ0) is 24.1. The predicted octanol–water partition coefficient (Wildman–Crippen LogP) is 3.53. The Morgan fingerprint density at radius 2 is 1.94 bits per heavy atom. The van der Waals surface area contributed by atoms with E-state index in [0.29, 0.717) is 10.6 Å². The third-order valence-electron chi connectivity index (χ3n) is 5.63. The minimum Gasteiger partial charge on any atom is -0.444 e. The van der Waals surface area contributed by atoms with Crippen LogP contribution in [0.4, 0.5) is 11.5 Å². The molecule has 0 unspecified atom stereocenters. The number of aromatic nitrogens is 2. The molecule has 2 amide bonds. The first-order valence-electron chi connectivity index (χ1n) is 10.8. The maximum atomic E-state index is 12.7. The molecule has 1 aromatic carbocycles. The number of aromatic amines is 1. The Hall–Kier alpha value is -3.05. The molecule has 0 atom stereocenters. The average molecular weight is 546 g/mol. The van der Waals surface area contributed by atoms with Crippen LogP contribution in [-0.4, -0.2) is 45.5 Å². The van der Waals surface area contributed by atoms with Crippen LogP contribution >= 0.6 is 27.7 Å². The fourth-order valence-corrected chi connectivity index (χ4v) is 4.90. The largest absolute Gasteiger partial charge is 0.444 e. The van der Waals surface area contributed by atoms with Gasteiger partial charge >= 0.3 is 0 Å². The van der Waals surface area contributed by atoms with Crippen LogP contribution in [0.25, 0.3) is 0 Å². The number of carbonyl (C=O) groups is 2. The SMILES string of the molecule is Nc1nc(SCC(=O)N2CCC(Cc3ccccc3)CC2)[nH]c(=O)c1NC(=O)c1ccc(Br)o1. The number of hydrogen-bond acceptors (Lipinski definition) is 7. The number of hydrogen-bond donors (Lipinski definition) is 3. The van der Waals surface area contributed by atoms with Gasteiger partial charge in [0, 0.05) is 13.1 Å². The van der Waals surface area contributed by atoms with Crippen molar-refractivity contribution >= 4 is 51.0 Å². The van der Waals surface area contributed by atoms with Crippen molar-refractivity contribution in [2.24, 2.45) is 5.92 Å². The molecule has 9 nitrogen and oxygen atoms in total. The van der Waals surface area contributed by atoms with Gasteiger partial charge in [-0.25, -0.2) is 4.98 Å². The van der Waals surface area contributed by atoms with E-state index in [1.54, 1.807) is 6.07 Å². The first-order chi connectivity index (χ1) is 16.4. The molecule has 1 fully saturated rings. The second-order valence-electron chi connectivity index (χ2n) is 7.99. The molecule has 1 aliphatic rings. The van der Waals surface area contributed by atoms with E-state index in [1.165, 1.54) is 11.6 Å². The Bertz CT molecular complexity index is 1220. The summed E-state index contributed by atoms with van der Waals surface area (Å²) in [7, 11) is 0. The van der Waals surface area contributed by atoms with Gasteiger partial charge in [0.15, 0.2) is 27.1 Å². The van der Waals surface area contributed by atoms with Crippen molar-refractivity contribution in [1.29, 1.82) is 0 Å². The maximum Gasteiger partial charge on any atom is 0.291 e. The lowest BCUT2D eigenvalue weighted by Gasteiger charge is -2.32. The molecule has 3 heterocycles. The van der Waals surface area contributed by atoms with Gasteiger partial charge in [0.1, 0.15) is 0 Å². The third kappa shape index (κ3) is 6.09. The van der Waals surface area contributed by atoms with Gasteiger partial charge in [0.05, 0.1) is 5.75 Å². The van der Waals surface area contributed by atoms with Gasteiger partial charge in [0.2, 0.25) is 5.91 Å². The van der Waals surface area contributed by atoms with Crippen molar-refractivity contribution in [2.75, 3.05) is 29.9 Å². The predicted molar refractivity (Wildman–Crippen MR) is 134 cm³/mol. The quantitative estimate of drug-likeness (QED) is 0.305. The van der Waals surface area contributed by atoms with Gasteiger partial charge in [-0.05, 0) is 58.8 Å². The highest BCUT2D eigenvalue weighted by Crippen LogP contribution is 2.23.